The third-order valence-corrected chi connectivity index (χ3v) is 5.85. The monoisotopic (exact) mass is 553 g/mol. The van der Waals surface area contributed by atoms with Crippen molar-refractivity contribution < 1.29 is 32.9 Å². The third kappa shape index (κ3) is 6.19. The molecule has 40 heavy (non-hydrogen) atoms. The number of aromatic hydroxyl groups is 1. The number of phenols is 1. The SMILES string of the molecule is CN1CCC(Oc2c(F)c(Oc3cccc(NC(=N)N)c3)nc(Oc3cc(C(=N)N)ccc3O)c2F)CC1=C=O. The van der Waals surface area contributed by atoms with E-state index in [1.54, 1.807) is 24.0 Å². The molecule has 1 aliphatic heterocycles. The molecule has 4 rings (SSSR count). The summed E-state index contributed by atoms with van der Waals surface area (Å²) < 4.78 is 48.0. The molecule has 1 aromatic heterocycles. The molecule has 12 nitrogen and oxygen atoms in total. The molecule has 1 atom stereocenters. The van der Waals surface area contributed by atoms with Gasteiger partial charge in [0.2, 0.25) is 17.4 Å². The summed E-state index contributed by atoms with van der Waals surface area (Å²) in [7, 11) is 1.69. The third-order valence-electron chi connectivity index (χ3n) is 5.85. The van der Waals surface area contributed by atoms with Crippen LogP contribution in [0.5, 0.6) is 34.8 Å². The lowest BCUT2D eigenvalue weighted by atomic mass is 10.1. The number of hydrogen-bond donors (Lipinski definition) is 6. The van der Waals surface area contributed by atoms with Crippen LogP contribution in [0.1, 0.15) is 18.4 Å². The van der Waals surface area contributed by atoms with Gasteiger partial charge in [-0.05, 0) is 30.3 Å². The first kappa shape index (κ1) is 27.7. The number of benzene rings is 2. The predicted molar refractivity (Wildman–Crippen MR) is 141 cm³/mol. The number of halogens is 2. The number of ether oxygens (including phenoxy) is 3. The van der Waals surface area contributed by atoms with Crippen molar-refractivity contribution in [2.75, 3.05) is 18.9 Å². The highest BCUT2D eigenvalue weighted by Crippen LogP contribution is 2.40. The van der Waals surface area contributed by atoms with Gasteiger partial charge >= 0.3 is 0 Å². The number of nitrogens with zero attached hydrogens (tertiary/aromatic N) is 2. The molecule has 0 saturated carbocycles. The summed E-state index contributed by atoms with van der Waals surface area (Å²) in [5, 5.41) is 27.8. The summed E-state index contributed by atoms with van der Waals surface area (Å²) >= 11 is 0. The molecule has 1 unspecified atom stereocenters. The predicted octanol–water partition coefficient (Wildman–Crippen LogP) is 3.43. The lowest BCUT2D eigenvalue weighted by molar-refractivity contribution is 0.129. The zero-order chi connectivity index (χ0) is 29.0. The number of pyridine rings is 1. The van der Waals surface area contributed by atoms with E-state index >= 15 is 8.78 Å². The average Bonchev–Trinajstić information content (AvgIpc) is 2.91. The molecule has 1 saturated heterocycles. The van der Waals surface area contributed by atoms with Gasteiger partial charge in [-0.15, -0.1) is 0 Å². The number of nitrogens with two attached hydrogens (primary N) is 2. The standard InChI is InChI=1S/C26H25F2N7O5/c1-35-8-7-17(11-15(35)12-36)38-22-20(27)24(39-16-4-2-3-14(10-16)33-26(31)32)34-25(21(22)28)40-19-9-13(23(29)30)5-6-18(19)37/h2-6,9-10,17,37H,7-8,11H2,1H3,(H3,29,30)(H4,31,32,33). The number of nitrogen functional groups attached to an aromatic ring is 1. The number of guanidine groups is 1. The van der Waals surface area contributed by atoms with Crippen molar-refractivity contribution in [1.29, 1.82) is 10.8 Å². The van der Waals surface area contributed by atoms with Gasteiger partial charge in [0.15, 0.2) is 17.5 Å². The van der Waals surface area contributed by atoms with Crippen molar-refractivity contribution in [2.24, 2.45) is 11.5 Å². The van der Waals surface area contributed by atoms with Gasteiger partial charge in [0.1, 0.15) is 29.3 Å². The quantitative estimate of drug-likeness (QED) is 0.137. The molecule has 14 heteroatoms. The molecule has 0 amide bonds. The summed E-state index contributed by atoms with van der Waals surface area (Å²) in [6, 6.07) is 9.68. The van der Waals surface area contributed by atoms with E-state index in [2.05, 4.69) is 10.3 Å². The van der Waals surface area contributed by atoms with Gasteiger partial charge in [-0.1, -0.05) is 6.07 Å². The molecule has 1 aliphatic rings. The molecule has 0 radical (unpaired) electrons. The number of hydrogen-bond acceptors (Lipinski definition) is 9. The fraction of sp³-hybridized carbons (Fsp3) is 0.192. The van der Waals surface area contributed by atoms with Crippen LogP contribution >= 0.6 is 0 Å². The summed E-state index contributed by atoms with van der Waals surface area (Å²) in [4.78, 5) is 16.8. The number of likely N-dealkylation sites (tertiary alicyclic amines) is 1. The molecule has 1 fully saturated rings. The van der Waals surface area contributed by atoms with E-state index in [1.165, 1.54) is 36.4 Å². The van der Waals surface area contributed by atoms with Crippen LogP contribution in [0.2, 0.25) is 0 Å². The van der Waals surface area contributed by atoms with E-state index in [0.29, 0.717) is 18.7 Å². The van der Waals surface area contributed by atoms with Crippen molar-refractivity contribution in [2.45, 2.75) is 18.9 Å². The van der Waals surface area contributed by atoms with Crippen LogP contribution in [0.15, 0.2) is 48.2 Å². The number of amidine groups is 1. The zero-order valence-corrected chi connectivity index (χ0v) is 21.1. The highest BCUT2D eigenvalue weighted by atomic mass is 19.1. The van der Waals surface area contributed by atoms with Crippen LogP contribution in [-0.2, 0) is 4.79 Å². The fourth-order valence-electron chi connectivity index (χ4n) is 3.82. The number of phenolic OH excluding ortho intramolecular Hbond substituents is 1. The maximum Gasteiger partial charge on any atom is 0.263 e. The number of anilines is 1. The lowest BCUT2D eigenvalue weighted by Crippen LogP contribution is -2.35. The number of rotatable bonds is 8. The van der Waals surface area contributed by atoms with E-state index in [4.69, 9.17) is 36.5 Å². The molecule has 2 aromatic carbocycles. The van der Waals surface area contributed by atoms with Gasteiger partial charge in [-0.3, -0.25) is 10.8 Å². The van der Waals surface area contributed by atoms with Crippen LogP contribution in [0.3, 0.4) is 0 Å². The second kappa shape index (κ2) is 11.6. The Bertz CT molecular complexity index is 1530. The Hall–Kier alpha value is -5.36. The fourth-order valence-corrected chi connectivity index (χ4v) is 3.82. The van der Waals surface area contributed by atoms with Crippen molar-refractivity contribution in [3.63, 3.8) is 0 Å². The smallest absolute Gasteiger partial charge is 0.263 e. The van der Waals surface area contributed by atoms with Gasteiger partial charge in [0, 0.05) is 43.8 Å². The maximum absolute atomic E-state index is 15.6. The van der Waals surface area contributed by atoms with Crippen LogP contribution in [0, 0.1) is 22.5 Å². The molecule has 0 aliphatic carbocycles. The molecule has 3 aromatic rings. The second-order valence-electron chi connectivity index (χ2n) is 8.75. The molecule has 2 heterocycles. The van der Waals surface area contributed by atoms with Crippen LogP contribution in [0.25, 0.3) is 0 Å². The largest absolute Gasteiger partial charge is 0.504 e. The van der Waals surface area contributed by atoms with Gasteiger partial charge in [0.25, 0.3) is 11.8 Å². The molecule has 208 valence electrons. The van der Waals surface area contributed by atoms with Gasteiger partial charge in [0.05, 0.1) is 0 Å². The summed E-state index contributed by atoms with van der Waals surface area (Å²) in [5.74, 6) is -4.61. The minimum absolute atomic E-state index is 0.0491. The van der Waals surface area contributed by atoms with Crippen LogP contribution in [-0.4, -0.2) is 52.4 Å². The number of aromatic nitrogens is 1. The molecule has 8 N–H and O–H groups in total. The summed E-state index contributed by atoms with van der Waals surface area (Å²) in [6.07, 6.45) is -0.388. The number of carbonyl (C=O) groups excluding carboxylic acids is 1. The first-order valence-electron chi connectivity index (χ1n) is 11.8. The van der Waals surface area contributed by atoms with E-state index < -0.39 is 41.0 Å². The average molecular weight is 554 g/mol. The van der Waals surface area contributed by atoms with Crippen molar-refractivity contribution in [3.05, 3.63) is 65.4 Å². The van der Waals surface area contributed by atoms with E-state index in [1.807, 2.05) is 0 Å². The van der Waals surface area contributed by atoms with Crippen LogP contribution < -0.4 is 31.0 Å². The van der Waals surface area contributed by atoms with Crippen LogP contribution in [0.4, 0.5) is 14.5 Å². The molecule has 0 spiro atoms. The Labute approximate surface area is 226 Å². The Kier molecular flexibility index (Phi) is 8.01. The van der Waals surface area contributed by atoms with Crippen molar-refractivity contribution >= 4 is 23.4 Å². The summed E-state index contributed by atoms with van der Waals surface area (Å²) in [5.41, 5.74) is 11.6. The lowest BCUT2D eigenvalue weighted by Gasteiger charge is -2.31. The Morgan fingerprint density at radius 2 is 1.88 bits per heavy atom. The molecular weight excluding hydrogens is 528 g/mol. The number of piperidine rings is 1. The number of nitrogens with one attached hydrogen (secondary N) is 3. The Morgan fingerprint density at radius 1 is 1.15 bits per heavy atom. The van der Waals surface area contributed by atoms with E-state index in [0.717, 1.165) is 0 Å². The maximum atomic E-state index is 15.6. The van der Waals surface area contributed by atoms with E-state index in [9.17, 15) is 9.90 Å². The van der Waals surface area contributed by atoms with Gasteiger partial charge in [-0.2, -0.15) is 13.8 Å². The summed E-state index contributed by atoms with van der Waals surface area (Å²) in [6.45, 7) is 0.387. The zero-order valence-electron chi connectivity index (χ0n) is 21.1. The minimum Gasteiger partial charge on any atom is -0.504 e. The minimum atomic E-state index is -1.33. The Balaban J connectivity index is 1.76. The highest BCUT2D eigenvalue weighted by molar-refractivity contribution is 5.95. The molecule has 0 bridgehead atoms. The van der Waals surface area contributed by atoms with Crippen molar-refractivity contribution in [1.82, 2.24) is 9.88 Å². The normalized spacial score (nSPS) is 14.7. The topological polar surface area (TPSA) is 193 Å². The molecular formula is C26H25F2N7O5. The second-order valence-corrected chi connectivity index (χ2v) is 8.75. The first-order chi connectivity index (χ1) is 19.0. The Morgan fingerprint density at radius 3 is 2.55 bits per heavy atom. The van der Waals surface area contributed by atoms with Crippen molar-refractivity contribution in [3.8, 4) is 34.8 Å². The van der Waals surface area contributed by atoms with E-state index in [-0.39, 0.29) is 41.0 Å². The van der Waals surface area contributed by atoms with Gasteiger partial charge in [-0.25, -0.2) is 4.79 Å². The highest BCUT2D eigenvalue weighted by Gasteiger charge is 2.30. The van der Waals surface area contributed by atoms with Gasteiger partial charge < -0.3 is 41.0 Å². The first-order valence-corrected chi connectivity index (χ1v) is 11.8.